The SMILES string of the molecule is CCOC(=O)CC1CCC(F)(F)C1c1ccc(C#N)c(C#N)c1. The molecular weight excluding hydrogens is 302 g/mol. The summed E-state index contributed by atoms with van der Waals surface area (Å²) in [6.07, 6.45) is -0.155. The lowest BCUT2D eigenvalue weighted by atomic mass is 9.84. The number of hydrogen-bond acceptors (Lipinski definition) is 4. The molecule has 23 heavy (non-hydrogen) atoms. The Morgan fingerprint density at radius 3 is 2.65 bits per heavy atom. The van der Waals surface area contributed by atoms with Crippen LogP contribution in [-0.2, 0) is 9.53 Å². The van der Waals surface area contributed by atoms with Crippen LogP contribution in [0.25, 0.3) is 0 Å². The molecule has 1 aromatic rings. The lowest BCUT2D eigenvalue weighted by Gasteiger charge is -2.24. The summed E-state index contributed by atoms with van der Waals surface area (Å²) in [5, 5.41) is 18.0. The van der Waals surface area contributed by atoms with Crippen molar-refractivity contribution in [2.75, 3.05) is 6.61 Å². The Morgan fingerprint density at radius 1 is 1.35 bits per heavy atom. The molecule has 1 fully saturated rings. The maximum atomic E-state index is 14.3. The van der Waals surface area contributed by atoms with E-state index in [4.69, 9.17) is 15.3 Å². The average molecular weight is 318 g/mol. The van der Waals surface area contributed by atoms with Crippen LogP contribution >= 0.6 is 0 Å². The van der Waals surface area contributed by atoms with Crippen molar-refractivity contribution in [2.45, 2.75) is 38.0 Å². The highest BCUT2D eigenvalue weighted by molar-refractivity contribution is 5.70. The van der Waals surface area contributed by atoms with Crippen molar-refractivity contribution in [3.8, 4) is 12.1 Å². The number of ether oxygens (including phenoxy) is 1. The first kappa shape index (κ1) is 16.9. The molecule has 2 rings (SSSR count). The molecule has 0 aromatic heterocycles. The van der Waals surface area contributed by atoms with E-state index in [0.717, 1.165) is 0 Å². The van der Waals surface area contributed by atoms with Gasteiger partial charge in [-0.3, -0.25) is 4.79 Å². The van der Waals surface area contributed by atoms with Gasteiger partial charge in [0, 0.05) is 12.8 Å². The van der Waals surface area contributed by atoms with Gasteiger partial charge in [-0.25, -0.2) is 8.78 Å². The summed E-state index contributed by atoms with van der Waals surface area (Å²) in [4.78, 5) is 11.6. The van der Waals surface area contributed by atoms with Gasteiger partial charge in [-0.1, -0.05) is 6.07 Å². The Labute approximate surface area is 133 Å². The molecule has 0 saturated heterocycles. The van der Waals surface area contributed by atoms with E-state index in [2.05, 4.69) is 0 Å². The monoisotopic (exact) mass is 318 g/mol. The molecule has 0 aliphatic heterocycles. The van der Waals surface area contributed by atoms with Crippen molar-refractivity contribution in [2.24, 2.45) is 5.92 Å². The van der Waals surface area contributed by atoms with Gasteiger partial charge in [0.2, 0.25) is 0 Å². The molecular formula is C17H16F2N2O2. The Hall–Kier alpha value is -2.47. The third-order valence-electron chi connectivity index (χ3n) is 4.15. The average Bonchev–Trinajstić information content (AvgIpc) is 2.81. The van der Waals surface area contributed by atoms with Crippen LogP contribution in [0.4, 0.5) is 8.78 Å². The molecule has 1 aliphatic carbocycles. The van der Waals surface area contributed by atoms with E-state index >= 15 is 0 Å². The fourth-order valence-electron chi connectivity index (χ4n) is 3.16. The van der Waals surface area contributed by atoms with Crippen LogP contribution < -0.4 is 0 Å². The largest absolute Gasteiger partial charge is 0.466 e. The predicted octanol–water partition coefficient (Wildman–Crippen LogP) is 3.51. The Kier molecular flexibility index (Phi) is 4.95. The first-order valence-electron chi connectivity index (χ1n) is 7.40. The molecule has 2 unspecified atom stereocenters. The van der Waals surface area contributed by atoms with E-state index in [1.807, 2.05) is 12.1 Å². The van der Waals surface area contributed by atoms with Gasteiger partial charge in [0.05, 0.1) is 23.7 Å². The second-order valence-electron chi connectivity index (χ2n) is 5.58. The van der Waals surface area contributed by atoms with Crippen molar-refractivity contribution in [3.63, 3.8) is 0 Å². The molecule has 1 aromatic carbocycles. The van der Waals surface area contributed by atoms with E-state index in [1.54, 1.807) is 6.92 Å². The van der Waals surface area contributed by atoms with Crippen molar-refractivity contribution in [3.05, 3.63) is 34.9 Å². The third kappa shape index (κ3) is 3.48. The molecule has 1 saturated carbocycles. The molecule has 0 bridgehead atoms. The lowest BCUT2D eigenvalue weighted by molar-refractivity contribution is -0.144. The minimum Gasteiger partial charge on any atom is -0.466 e. The Morgan fingerprint density at radius 2 is 2.04 bits per heavy atom. The van der Waals surface area contributed by atoms with Gasteiger partial charge >= 0.3 is 5.97 Å². The number of benzene rings is 1. The maximum Gasteiger partial charge on any atom is 0.306 e. The zero-order valence-electron chi connectivity index (χ0n) is 12.7. The summed E-state index contributed by atoms with van der Waals surface area (Å²) in [5.74, 6) is -5.12. The summed E-state index contributed by atoms with van der Waals surface area (Å²) in [6.45, 7) is 1.88. The molecule has 0 heterocycles. The van der Waals surface area contributed by atoms with Crippen molar-refractivity contribution in [1.82, 2.24) is 0 Å². The molecule has 1 aliphatic rings. The van der Waals surface area contributed by atoms with Crippen LogP contribution in [0.3, 0.4) is 0 Å². The highest BCUT2D eigenvalue weighted by Gasteiger charge is 2.51. The van der Waals surface area contributed by atoms with Crippen molar-refractivity contribution < 1.29 is 18.3 Å². The number of carbonyl (C=O) groups is 1. The Bertz CT molecular complexity index is 689. The van der Waals surface area contributed by atoms with Gasteiger partial charge < -0.3 is 4.74 Å². The van der Waals surface area contributed by atoms with Gasteiger partial charge in [0.15, 0.2) is 0 Å². The summed E-state index contributed by atoms with van der Waals surface area (Å²) in [6, 6.07) is 7.87. The number of nitriles is 2. The summed E-state index contributed by atoms with van der Waals surface area (Å²) < 4.78 is 33.5. The topological polar surface area (TPSA) is 73.9 Å². The van der Waals surface area contributed by atoms with Gasteiger partial charge in [-0.05, 0) is 37.0 Å². The smallest absolute Gasteiger partial charge is 0.306 e. The third-order valence-corrected chi connectivity index (χ3v) is 4.15. The minimum atomic E-state index is -2.95. The van der Waals surface area contributed by atoms with Gasteiger partial charge in [0.1, 0.15) is 12.1 Å². The van der Waals surface area contributed by atoms with Gasteiger partial charge in [0.25, 0.3) is 5.92 Å². The van der Waals surface area contributed by atoms with Crippen LogP contribution in [0.2, 0.25) is 0 Å². The Balaban J connectivity index is 2.35. The van der Waals surface area contributed by atoms with Crippen LogP contribution in [-0.4, -0.2) is 18.5 Å². The van der Waals surface area contributed by atoms with Crippen LogP contribution in [0.1, 0.15) is 48.8 Å². The van der Waals surface area contributed by atoms with Crippen LogP contribution in [0, 0.1) is 28.6 Å². The molecule has 0 N–H and O–H groups in total. The van der Waals surface area contributed by atoms with E-state index in [-0.39, 0.29) is 42.6 Å². The highest BCUT2D eigenvalue weighted by atomic mass is 19.3. The standard InChI is InChI=1S/C17H16F2N2O2/c1-2-23-15(22)8-12-5-6-17(18,19)16(12)11-3-4-13(9-20)14(7-11)10-21/h3-4,7,12,16H,2,5-6,8H2,1H3. The van der Waals surface area contributed by atoms with Crippen molar-refractivity contribution >= 4 is 5.97 Å². The van der Waals surface area contributed by atoms with E-state index in [0.29, 0.717) is 0 Å². The predicted molar refractivity (Wildman–Crippen MR) is 77.5 cm³/mol. The maximum absolute atomic E-state index is 14.3. The van der Waals surface area contributed by atoms with E-state index in [9.17, 15) is 13.6 Å². The molecule has 0 amide bonds. The summed E-state index contributed by atoms with van der Waals surface area (Å²) in [7, 11) is 0. The molecule has 6 heteroatoms. The number of alkyl halides is 2. The molecule has 0 spiro atoms. The molecule has 2 atom stereocenters. The quantitative estimate of drug-likeness (QED) is 0.796. The number of hydrogen-bond donors (Lipinski definition) is 0. The van der Waals surface area contributed by atoms with E-state index < -0.39 is 23.7 Å². The first-order chi connectivity index (χ1) is 10.9. The van der Waals surface area contributed by atoms with Gasteiger partial charge in [-0.2, -0.15) is 10.5 Å². The highest BCUT2D eigenvalue weighted by Crippen LogP contribution is 2.51. The van der Waals surface area contributed by atoms with Crippen LogP contribution in [0.15, 0.2) is 18.2 Å². The second kappa shape index (κ2) is 6.75. The normalized spacial score (nSPS) is 22.1. The first-order valence-corrected chi connectivity index (χ1v) is 7.40. The molecule has 4 nitrogen and oxygen atoms in total. The fourth-order valence-corrected chi connectivity index (χ4v) is 3.16. The number of carbonyl (C=O) groups excluding carboxylic acids is 1. The van der Waals surface area contributed by atoms with E-state index in [1.165, 1.54) is 18.2 Å². The lowest BCUT2D eigenvalue weighted by Crippen LogP contribution is -2.25. The number of nitrogens with zero attached hydrogens (tertiary/aromatic N) is 2. The fraction of sp³-hybridized carbons (Fsp3) is 0.471. The molecule has 0 radical (unpaired) electrons. The minimum absolute atomic E-state index is 0.0718. The van der Waals surface area contributed by atoms with Crippen LogP contribution in [0.5, 0.6) is 0 Å². The summed E-state index contributed by atoms with van der Waals surface area (Å²) >= 11 is 0. The molecule has 120 valence electrons. The number of halogens is 2. The zero-order chi connectivity index (χ0) is 17.0. The summed E-state index contributed by atoms with van der Waals surface area (Å²) in [5.41, 5.74) is 0.513. The van der Waals surface area contributed by atoms with Crippen molar-refractivity contribution in [1.29, 1.82) is 10.5 Å². The van der Waals surface area contributed by atoms with Gasteiger partial charge in [-0.15, -0.1) is 0 Å². The second-order valence-corrected chi connectivity index (χ2v) is 5.58. The number of rotatable bonds is 4. The number of esters is 1. The zero-order valence-corrected chi connectivity index (χ0v) is 12.7.